The van der Waals surface area contributed by atoms with Crippen LogP contribution in [0.3, 0.4) is 0 Å². The fourth-order valence-electron chi connectivity index (χ4n) is 1.75. The minimum atomic E-state index is -0.477. The number of ether oxygens (including phenoxy) is 1. The molecule has 0 aliphatic heterocycles. The summed E-state index contributed by atoms with van der Waals surface area (Å²) in [5.74, 6) is 0.732. The number of benzene rings is 1. The summed E-state index contributed by atoms with van der Waals surface area (Å²) in [5.41, 5.74) is 1.85. The fraction of sp³-hybridized carbons (Fsp3) is 0.267. The molecule has 0 amide bonds. The number of pyridine rings is 1. The fourth-order valence-corrected chi connectivity index (χ4v) is 1.75. The Balaban J connectivity index is 2.10. The molecule has 1 atom stereocenters. The number of aromatic nitrogens is 1. The molecule has 0 spiro atoms. The van der Waals surface area contributed by atoms with E-state index in [2.05, 4.69) is 4.98 Å². The number of nitrogens with zero attached hydrogens (tertiary/aromatic N) is 1. The van der Waals surface area contributed by atoms with Crippen molar-refractivity contribution < 1.29 is 9.84 Å². The van der Waals surface area contributed by atoms with Crippen LogP contribution in [-0.4, -0.2) is 10.1 Å². The highest BCUT2D eigenvalue weighted by Crippen LogP contribution is 2.27. The first-order valence-electron chi connectivity index (χ1n) is 6.10. The van der Waals surface area contributed by atoms with Crippen LogP contribution in [0.4, 0.5) is 0 Å². The molecule has 1 aromatic carbocycles. The lowest BCUT2D eigenvalue weighted by Crippen LogP contribution is -2.02. The Morgan fingerprint density at radius 1 is 1.22 bits per heavy atom. The maximum atomic E-state index is 9.91. The van der Waals surface area contributed by atoms with Crippen molar-refractivity contribution in [1.29, 1.82) is 0 Å². The van der Waals surface area contributed by atoms with Crippen molar-refractivity contribution in [1.82, 2.24) is 4.98 Å². The van der Waals surface area contributed by atoms with Gasteiger partial charge < -0.3 is 9.84 Å². The molecule has 2 aromatic rings. The second-order valence-electron chi connectivity index (χ2n) is 4.11. The molecule has 0 unspecified atom stereocenters. The van der Waals surface area contributed by atoms with Crippen LogP contribution >= 0.6 is 0 Å². The van der Waals surface area contributed by atoms with Gasteiger partial charge >= 0.3 is 0 Å². The summed E-state index contributed by atoms with van der Waals surface area (Å²) in [6, 6.07) is 11.4. The molecule has 0 saturated heterocycles. The van der Waals surface area contributed by atoms with E-state index < -0.39 is 6.10 Å². The maximum Gasteiger partial charge on any atom is 0.125 e. The van der Waals surface area contributed by atoms with E-state index in [9.17, 15) is 5.11 Å². The highest BCUT2D eigenvalue weighted by atomic mass is 16.5. The Labute approximate surface area is 107 Å². The van der Waals surface area contributed by atoms with E-state index in [4.69, 9.17) is 4.74 Å². The van der Waals surface area contributed by atoms with Crippen LogP contribution in [-0.2, 0) is 6.61 Å². The zero-order chi connectivity index (χ0) is 12.8. The average Bonchev–Trinajstić information content (AvgIpc) is 2.45. The lowest BCUT2D eigenvalue weighted by atomic mass is 10.1. The van der Waals surface area contributed by atoms with E-state index in [1.807, 2.05) is 43.3 Å². The van der Waals surface area contributed by atoms with Crippen LogP contribution < -0.4 is 4.74 Å². The summed E-state index contributed by atoms with van der Waals surface area (Å²) in [6.07, 6.45) is 3.71. The van der Waals surface area contributed by atoms with Gasteiger partial charge in [-0.3, -0.25) is 4.98 Å². The summed E-state index contributed by atoms with van der Waals surface area (Å²) in [6.45, 7) is 2.41. The molecule has 3 nitrogen and oxygen atoms in total. The lowest BCUT2D eigenvalue weighted by molar-refractivity contribution is 0.166. The van der Waals surface area contributed by atoms with Crippen molar-refractivity contribution in [2.75, 3.05) is 0 Å². The quantitative estimate of drug-likeness (QED) is 0.877. The number of aliphatic hydroxyl groups excluding tert-OH is 1. The minimum Gasteiger partial charge on any atom is -0.488 e. The Morgan fingerprint density at radius 3 is 2.78 bits per heavy atom. The summed E-state index contributed by atoms with van der Waals surface area (Å²) >= 11 is 0. The second-order valence-corrected chi connectivity index (χ2v) is 4.11. The number of aliphatic hydroxyl groups is 1. The lowest BCUT2D eigenvalue weighted by Gasteiger charge is -2.14. The predicted molar refractivity (Wildman–Crippen MR) is 70.3 cm³/mol. The molecule has 1 aromatic heterocycles. The molecule has 3 heteroatoms. The molecule has 0 aliphatic carbocycles. The third-order valence-electron chi connectivity index (χ3n) is 2.78. The van der Waals surface area contributed by atoms with Crippen molar-refractivity contribution >= 4 is 0 Å². The molecular formula is C15H17NO2. The zero-order valence-corrected chi connectivity index (χ0v) is 10.4. The van der Waals surface area contributed by atoms with E-state index in [-0.39, 0.29) is 0 Å². The Kier molecular flexibility index (Phi) is 4.31. The summed E-state index contributed by atoms with van der Waals surface area (Å²) < 4.78 is 5.75. The first-order chi connectivity index (χ1) is 8.81. The van der Waals surface area contributed by atoms with Crippen LogP contribution in [0.5, 0.6) is 5.75 Å². The largest absolute Gasteiger partial charge is 0.488 e. The number of rotatable bonds is 5. The van der Waals surface area contributed by atoms with E-state index in [1.165, 1.54) is 0 Å². The van der Waals surface area contributed by atoms with Gasteiger partial charge in [-0.25, -0.2) is 0 Å². The van der Waals surface area contributed by atoms with Gasteiger partial charge in [0, 0.05) is 23.5 Å². The highest BCUT2D eigenvalue weighted by molar-refractivity contribution is 5.35. The maximum absolute atomic E-state index is 9.91. The molecule has 1 N–H and O–H groups in total. The number of hydrogen-bond acceptors (Lipinski definition) is 3. The predicted octanol–water partition coefficient (Wildman–Crippen LogP) is 3.10. The molecule has 0 saturated carbocycles. The first-order valence-corrected chi connectivity index (χ1v) is 6.10. The van der Waals surface area contributed by atoms with Crippen LogP contribution in [0.25, 0.3) is 0 Å². The van der Waals surface area contributed by atoms with Crippen molar-refractivity contribution in [2.24, 2.45) is 0 Å². The molecule has 2 rings (SSSR count). The first kappa shape index (κ1) is 12.6. The smallest absolute Gasteiger partial charge is 0.125 e. The van der Waals surface area contributed by atoms with Crippen LogP contribution in [0.1, 0.15) is 30.6 Å². The molecule has 1 heterocycles. The average molecular weight is 243 g/mol. The monoisotopic (exact) mass is 243 g/mol. The van der Waals surface area contributed by atoms with Gasteiger partial charge in [0.05, 0.1) is 6.10 Å². The SMILES string of the molecule is CC[C@H](O)c1ccccc1OCc1cccnc1. The minimum absolute atomic E-state index is 0.460. The molecule has 0 radical (unpaired) electrons. The summed E-state index contributed by atoms with van der Waals surface area (Å²) in [4.78, 5) is 4.04. The van der Waals surface area contributed by atoms with Crippen LogP contribution in [0.15, 0.2) is 48.8 Å². The molecule has 0 aliphatic rings. The zero-order valence-electron chi connectivity index (χ0n) is 10.4. The summed E-state index contributed by atoms with van der Waals surface area (Å²) in [7, 11) is 0. The molecule has 94 valence electrons. The molecule has 18 heavy (non-hydrogen) atoms. The van der Waals surface area contributed by atoms with Crippen LogP contribution in [0, 0.1) is 0 Å². The highest BCUT2D eigenvalue weighted by Gasteiger charge is 2.10. The number of para-hydroxylation sites is 1. The Morgan fingerprint density at radius 2 is 2.06 bits per heavy atom. The van der Waals surface area contributed by atoms with Gasteiger partial charge in [-0.2, -0.15) is 0 Å². The molecule has 0 bridgehead atoms. The van der Waals surface area contributed by atoms with Gasteiger partial charge in [-0.05, 0) is 18.6 Å². The Bertz CT molecular complexity index is 485. The van der Waals surface area contributed by atoms with Crippen molar-refractivity contribution in [3.05, 3.63) is 59.9 Å². The second kappa shape index (κ2) is 6.17. The molecular weight excluding hydrogens is 226 g/mol. The van der Waals surface area contributed by atoms with Gasteiger partial charge in [0.1, 0.15) is 12.4 Å². The van der Waals surface area contributed by atoms with E-state index >= 15 is 0 Å². The van der Waals surface area contributed by atoms with Crippen molar-refractivity contribution in [3.63, 3.8) is 0 Å². The van der Waals surface area contributed by atoms with Crippen LogP contribution in [0.2, 0.25) is 0 Å². The van der Waals surface area contributed by atoms with Gasteiger partial charge in [0.2, 0.25) is 0 Å². The van der Waals surface area contributed by atoms with Gasteiger partial charge in [-0.15, -0.1) is 0 Å². The van der Waals surface area contributed by atoms with Crippen molar-refractivity contribution in [2.45, 2.75) is 26.1 Å². The third-order valence-corrected chi connectivity index (χ3v) is 2.78. The topological polar surface area (TPSA) is 42.4 Å². The Hall–Kier alpha value is -1.87. The van der Waals surface area contributed by atoms with Gasteiger partial charge in [-0.1, -0.05) is 31.2 Å². The molecule has 0 fully saturated rings. The van der Waals surface area contributed by atoms with Gasteiger partial charge in [0.25, 0.3) is 0 Å². The number of hydrogen-bond donors (Lipinski definition) is 1. The normalized spacial score (nSPS) is 12.1. The van der Waals surface area contributed by atoms with E-state index in [0.717, 1.165) is 16.9 Å². The standard InChI is InChI=1S/C15H17NO2/c1-2-14(17)13-7-3-4-8-15(13)18-11-12-6-5-9-16-10-12/h3-10,14,17H,2,11H2,1H3/t14-/m0/s1. The van der Waals surface area contributed by atoms with Crippen molar-refractivity contribution in [3.8, 4) is 5.75 Å². The van der Waals surface area contributed by atoms with E-state index in [0.29, 0.717) is 13.0 Å². The summed E-state index contributed by atoms with van der Waals surface area (Å²) in [5, 5.41) is 9.91. The third kappa shape index (κ3) is 3.08. The van der Waals surface area contributed by atoms with Gasteiger partial charge in [0.15, 0.2) is 0 Å². The van der Waals surface area contributed by atoms with E-state index in [1.54, 1.807) is 12.4 Å².